The van der Waals surface area contributed by atoms with Gasteiger partial charge in [0, 0.05) is 5.69 Å². The number of benzene rings is 1. The van der Waals surface area contributed by atoms with Crippen LogP contribution in [0.4, 0.5) is 14.9 Å². The quantitative estimate of drug-likeness (QED) is 0.885. The predicted molar refractivity (Wildman–Crippen MR) is 69.1 cm³/mol. The van der Waals surface area contributed by atoms with Crippen LogP contribution in [0.25, 0.3) is 0 Å². The average molecular weight is 282 g/mol. The van der Waals surface area contributed by atoms with Crippen molar-refractivity contribution in [2.24, 2.45) is 5.92 Å². The first-order chi connectivity index (χ1) is 8.97. The third-order valence-corrected chi connectivity index (χ3v) is 3.89. The Hall–Kier alpha value is -1.89. The fourth-order valence-electron chi connectivity index (χ4n) is 1.63. The maximum Gasteiger partial charge on any atom is 0.286 e. The van der Waals surface area contributed by atoms with Gasteiger partial charge in [-0.3, -0.25) is 19.7 Å². The van der Waals surface area contributed by atoms with Gasteiger partial charge in [-0.15, -0.1) is 0 Å². The summed E-state index contributed by atoms with van der Waals surface area (Å²) >= 11 is 0.803. The lowest BCUT2D eigenvalue weighted by Gasteiger charge is -2.15. The van der Waals surface area contributed by atoms with Gasteiger partial charge in [-0.05, 0) is 24.3 Å². The van der Waals surface area contributed by atoms with E-state index in [2.05, 4.69) is 10.6 Å². The van der Waals surface area contributed by atoms with Crippen molar-refractivity contribution in [3.05, 3.63) is 30.1 Å². The Balaban J connectivity index is 2.01. The number of carbonyl (C=O) groups is 3. The Morgan fingerprint density at radius 3 is 2.53 bits per heavy atom. The number of hydrogen-bond donors (Lipinski definition) is 2. The summed E-state index contributed by atoms with van der Waals surface area (Å²) in [6.45, 7) is 1.56. The largest absolute Gasteiger partial charge is 0.326 e. The molecule has 1 aliphatic rings. The van der Waals surface area contributed by atoms with Crippen molar-refractivity contribution in [3.63, 3.8) is 0 Å². The van der Waals surface area contributed by atoms with Gasteiger partial charge in [0.15, 0.2) is 0 Å². The molecule has 19 heavy (non-hydrogen) atoms. The number of carbonyl (C=O) groups excluding carboxylic acids is 3. The molecule has 1 aliphatic heterocycles. The standard InChI is InChI=1S/C12H11FN2O3S/c1-6(9-11(17)15-12(18)19-9)10(16)14-8-4-2-7(13)3-5-8/h2-6,9H,1H3,(H,14,16)(H,15,17,18)/t6-,9+/m0/s1. The smallest absolute Gasteiger partial charge is 0.286 e. The number of anilines is 1. The van der Waals surface area contributed by atoms with Crippen molar-refractivity contribution < 1.29 is 18.8 Å². The van der Waals surface area contributed by atoms with Crippen molar-refractivity contribution in [2.45, 2.75) is 12.2 Å². The Kier molecular flexibility index (Phi) is 3.84. The molecule has 2 rings (SSSR count). The Labute approximate surface area is 112 Å². The molecule has 1 saturated heterocycles. The van der Waals surface area contributed by atoms with Gasteiger partial charge in [-0.2, -0.15) is 0 Å². The zero-order valence-corrected chi connectivity index (χ0v) is 10.8. The maximum atomic E-state index is 12.7. The highest BCUT2D eigenvalue weighted by Gasteiger charge is 2.38. The highest BCUT2D eigenvalue weighted by molar-refractivity contribution is 8.15. The Morgan fingerprint density at radius 1 is 1.37 bits per heavy atom. The van der Waals surface area contributed by atoms with Crippen molar-refractivity contribution >= 4 is 34.5 Å². The molecule has 100 valence electrons. The van der Waals surface area contributed by atoms with Crippen LogP contribution >= 0.6 is 11.8 Å². The van der Waals surface area contributed by atoms with Crippen LogP contribution in [0.15, 0.2) is 24.3 Å². The molecule has 0 aromatic heterocycles. The van der Waals surface area contributed by atoms with Crippen LogP contribution in [0.3, 0.4) is 0 Å². The van der Waals surface area contributed by atoms with Crippen LogP contribution in [-0.4, -0.2) is 22.3 Å². The molecule has 1 fully saturated rings. The minimum Gasteiger partial charge on any atom is -0.326 e. The first-order valence-electron chi connectivity index (χ1n) is 5.55. The van der Waals surface area contributed by atoms with Gasteiger partial charge in [-0.25, -0.2) is 4.39 Å². The second kappa shape index (κ2) is 5.40. The topological polar surface area (TPSA) is 75.3 Å². The molecule has 0 bridgehead atoms. The zero-order valence-electron chi connectivity index (χ0n) is 9.98. The number of rotatable bonds is 3. The fraction of sp³-hybridized carbons (Fsp3) is 0.250. The first-order valence-corrected chi connectivity index (χ1v) is 6.43. The number of imide groups is 1. The van der Waals surface area contributed by atoms with E-state index < -0.39 is 34.0 Å². The Morgan fingerprint density at radius 2 is 2.00 bits per heavy atom. The van der Waals surface area contributed by atoms with Gasteiger partial charge in [0.05, 0.1) is 5.92 Å². The summed E-state index contributed by atoms with van der Waals surface area (Å²) in [5.74, 6) is -1.92. The summed E-state index contributed by atoms with van der Waals surface area (Å²) < 4.78 is 12.7. The summed E-state index contributed by atoms with van der Waals surface area (Å²) in [5, 5.41) is 3.52. The first kappa shape index (κ1) is 13.5. The van der Waals surface area contributed by atoms with Gasteiger partial charge in [0.1, 0.15) is 11.1 Å². The molecule has 0 aliphatic carbocycles. The normalized spacial score (nSPS) is 20.0. The number of thioether (sulfide) groups is 1. The van der Waals surface area contributed by atoms with E-state index in [4.69, 9.17) is 0 Å². The monoisotopic (exact) mass is 282 g/mol. The van der Waals surface area contributed by atoms with Crippen molar-refractivity contribution in [1.82, 2.24) is 5.32 Å². The molecule has 1 aromatic carbocycles. The van der Waals surface area contributed by atoms with Crippen LogP contribution in [0.2, 0.25) is 0 Å². The van der Waals surface area contributed by atoms with Crippen LogP contribution in [0, 0.1) is 11.7 Å². The second-order valence-corrected chi connectivity index (χ2v) is 5.21. The van der Waals surface area contributed by atoms with Crippen LogP contribution in [0.1, 0.15) is 6.92 Å². The SMILES string of the molecule is C[C@H](C(=O)Nc1ccc(F)cc1)[C@H]1SC(=O)NC1=O. The summed E-state index contributed by atoms with van der Waals surface area (Å²) in [5.41, 5.74) is 0.438. The van der Waals surface area contributed by atoms with E-state index in [1.807, 2.05) is 0 Å². The maximum absolute atomic E-state index is 12.7. The minimum absolute atomic E-state index is 0.394. The molecule has 2 N–H and O–H groups in total. The van der Waals surface area contributed by atoms with Gasteiger partial charge in [-0.1, -0.05) is 18.7 Å². The molecule has 1 aromatic rings. The summed E-state index contributed by atoms with van der Waals surface area (Å²) in [6, 6.07) is 5.29. The molecule has 1 heterocycles. The third-order valence-electron chi connectivity index (χ3n) is 2.70. The molecule has 5 nitrogen and oxygen atoms in total. The molecule has 3 amide bonds. The van der Waals surface area contributed by atoms with E-state index in [1.54, 1.807) is 6.92 Å². The molecule has 0 unspecified atom stereocenters. The van der Waals surface area contributed by atoms with E-state index in [0.29, 0.717) is 5.69 Å². The fourth-order valence-corrected chi connectivity index (χ4v) is 2.51. The minimum atomic E-state index is -0.729. The lowest BCUT2D eigenvalue weighted by molar-refractivity contribution is -0.125. The number of halogens is 1. The summed E-state index contributed by atoms with van der Waals surface area (Å²) in [7, 11) is 0. The molecule has 2 atom stereocenters. The van der Waals surface area contributed by atoms with Crippen LogP contribution < -0.4 is 10.6 Å². The van der Waals surface area contributed by atoms with Gasteiger partial charge >= 0.3 is 0 Å². The van der Waals surface area contributed by atoms with E-state index >= 15 is 0 Å². The number of amides is 3. The highest BCUT2D eigenvalue weighted by atomic mass is 32.2. The van der Waals surface area contributed by atoms with E-state index in [1.165, 1.54) is 24.3 Å². The summed E-state index contributed by atoms with van der Waals surface area (Å²) in [6.07, 6.45) is 0. The van der Waals surface area contributed by atoms with E-state index in [9.17, 15) is 18.8 Å². The van der Waals surface area contributed by atoms with Crippen LogP contribution in [0.5, 0.6) is 0 Å². The molecule has 0 radical (unpaired) electrons. The molecule has 7 heteroatoms. The lowest BCUT2D eigenvalue weighted by Crippen LogP contribution is -2.35. The molecular weight excluding hydrogens is 271 g/mol. The zero-order chi connectivity index (χ0) is 14.0. The van der Waals surface area contributed by atoms with Crippen molar-refractivity contribution in [3.8, 4) is 0 Å². The average Bonchev–Trinajstić information content (AvgIpc) is 2.70. The lowest BCUT2D eigenvalue weighted by atomic mass is 10.1. The van der Waals surface area contributed by atoms with Crippen molar-refractivity contribution in [2.75, 3.05) is 5.32 Å². The van der Waals surface area contributed by atoms with Crippen molar-refractivity contribution in [1.29, 1.82) is 0 Å². The molecule has 0 spiro atoms. The van der Waals surface area contributed by atoms with Gasteiger partial charge in [0.25, 0.3) is 5.24 Å². The third kappa shape index (κ3) is 3.11. The van der Waals surface area contributed by atoms with Gasteiger partial charge in [0.2, 0.25) is 11.8 Å². The molecule has 0 saturated carbocycles. The van der Waals surface area contributed by atoms with Crippen LogP contribution in [-0.2, 0) is 9.59 Å². The Bertz CT molecular complexity index is 532. The predicted octanol–water partition coefficient (Wildman–Crippen LogP) is 1.75. The molecular formula is C12H11FN2O3S. The second-order valence-electron chi connectivity index (χ2n) is 4.10. The number of nitrogens with one attached hydrogen (secondary N) is 2. The van der Waals surface area contributed by atoms with E-state index in [0.717, 1.165) is 11.8 Å². The highest BCUT2D eigenvalue weighted by Crippen LogP contribution is 2.26. The summed E-state index contributed by atoms with van der Waals surface area (Å²) in [4.78, 5) is 34.4. The van der Waals surface area contributed by atoms with E-state index in [-0.39, 0.29) is 0 Å². The number of hydrogen-bond acceptors (Lipinski definition) is 4. The van der Waals surface area contributed by atoms with Gasteiger partial charge < -0.3 is 5.32 Å².